The van der Waals surface area contributed by atoms with E-state index >= 15 is 0 Å². The van der Waals surface area contributed by atoms with Crippen molar-refractivity contribution in [2.24, 2.45) is 0 Å². The zero-order valence-corrected chi connectivity index (χ0v) is 15.1. The van der Waals surface area contributed by atoms with E-state index in [1.807, 2.05) is 0 Å². The van der Waals surface area contributed by atoms with E-state index < -0.39 is 10.1 Å². The molecule has 0 aromatic carbocycles. The average Bonchev–Trinajstić information content (AvgIpc) is 2.45. The van der Waals surface area contributed by atoms with Crippen molar-refractivity contribution in [3.63, 3.8) is 0 Å². The fraction of sp³-hybridized carbons (Fsp3) is 1.00. The molecule has 0 heterocycles. The van der Waals surface area contributed by atoms with Crippen LogP contribution >= 0.6 is 0 Å². The maximum absolute atomic E-state index is 11.5. The second-order valence-electron chi connectivity index (χ2n) is 5.97. The Labute approximate surface area is 181 Å². The van der Waals surface area contributed by atoms with Crippen LogP contribution in [0.25, 0.3) is 0 Å². The van der Waals surface area contributed by atoms with Crippen LogP contribution in [0.3, 0.4) is 0 Å². The Morgan fingerprint density at radius 1 is 0.636 bits per heavy atom. The molecule has 0 fully saturated rings. The topological polar surface area (TPSA) is 43.4 Å². The molecule has 0 bridgehead atoms. The first-order chi connectivity index (χ1) is 10.1. The van der Waals surface area contributed by atoms with Gasteiger partial charge in [0.05, 0.1) is 12.4 Å². The van der Waals surface area contributed by atoms with Crippen LogP contribution in [0.15, 0.2) is 0 Å². The molecule has 0 spiro atoms. The molecule has 130 valence electrons. The van der Waals surface area contributed by atoms with Gasteiger partial charge >= 0.3 is 51.4 Å². The summed E-state index contributed by atoms with van der Waals surface area (Å²) >= 11 is 0. The predicted octanol–water partition coefficient (Wildman–Crippen LogP) is 4.80. The molecule has 5 heteroatoms. The molecule has 22 heavy (non-hydrogen) atoms. The summed E-state index contributed by atoms with van der Waals surface area (Å²) in [5, 5.41) is 0. The van der Waals surface area contributed by atoms with E-state index in [9.17, 15) is 8.42 Å². The SMILES string of the molecule is CCCCCCCCCCCCOS(=O)(=O)CCCCC.[KH]. The molecular formula is C17H37KO3S. The van der Waals surface area contributed by atoms with Gasteiger partial charge in [-0.15, -0.1) is 0 Å². The van der Waals surface area contributed by atoms with Gasteiger partial charge in [-0.1, -0.05) is 84.5 Å². The molecule has 0 aromatic heterocycles. The van der Waals surface area contributed by atoms with Crippen molar-refractivity contribution in [2.75, 3.05) is 12.4 Å². The van der Waals surface area contributed by atoms with Gasteiger partial charge in [-0.2, -0.15) is 8.42 Å². The molecule has 0 saturated heterocycles. The monoisotopic (exact) mass is 360 g/mol. The van der Waals surface area contributed by atoms with Crippen LogP contribution < -0.4 is 0 Å². The summed E-state index contributed by atoms with van der Waals surface area (Å²) in [4.78, 5) is 0. The van der Waals surface area contributed by atoms with Gasteiger partial charge < -0.3 is 0 Å². The van der Waals surface area contributed by atoms with E-state index in [2.05, 4.69) is 13.8 Å². The Hall–Kier alpha value is 1.55. The van der Waals surface area contributed by atoms with Crippen molar-refractivity contribution in [3.05, 3.63) is 0 Å². The fourth-order valence-electron chi connectivity index (χ4n) is 2.36. The Morgan fingerprint density at radius 2 is 1.05 bits per heavy atom. The van der Waals surface area contributed by atoms with Crippen molar-refractivity contribution in [2.45, 2.75) is 97.3 Å². The third kappa shape index (κ3) is 19.6. The first-order valence-electron chi connectivity index (χ1n) is 8.99. The molecule has 0 aliphatic heterocycles. The van der Waals surface area contributed by atoms with Crippen LogP contribution in [-0.2, 0) is 14.3 Å². The quantitative estimate of drug-likeness (QED) is 0.226. The standard InChI is InChI=1S/C17H36O3S.K.H/c1-3-5-7-8-9-10-11-12-13-14-16-20-21(18,19)17-15-6-4-2;;/h3-17H2,1-2H3;;. The summed E-state index contributed by atoms with van der Waals surface area (Å²) in [6.45, 7) is 4.67. The van der Waals surface area contributed by atoms with E-state index in [0.29, 0.717) is 6.61 Å². The van der Waals surface area contributed by atoms with Crippen LogP contribution in [0, 0.1) is 0 Å². The normalized spacial score (nSPS) is 11.4. The number of unbranched alkanes of at least 4 members (excludes halogenated alkanes) is 11. The van der Waals surface area contributed by atoms with Gasteiger partial charge in [0.1, 0.15) is 0 Å². The summed E-state index contributed by atoms with van der Waals surface area (Å²) in [7, 11) is -3.26. The van der Waals surface area contributed by atoms with Crippen LogP contribution in [-0.4, -0.2) is 72.2 Å². The van der Waals surface area contributed by atoms with Gasteiger partial charge in [0.2, 0.25) is 0 Å². The van der Waals surface area contributed by atoms with Crippen molar-refractivity contribution in [1.82, 2.24) is 0 Å². The Kier molecular flexibility index (Phi) is 22.1. The second kappa shape index (κ2) is 18.9. The van der Waals surface area contributed by atoms with Crippen molar-refractivity contribution < 1.29 is 12.6 Å². The third-order valence-corrected chi connectivity index (χ3v) is 5.07. The van der Waals surface area contributed by atoms with Crippen LogP contribution in [0.1, 0.15) is 97.3 Å². The van der Waals surface area contributed by atoms with Crippen LogP contribution in [0.2, 0.25) is 0 Å². The van der Waals surface area contributed by atoms with E-state index in [0.717, 1.165) is 32.1 Å². The minimum atomic E-state index is -3.26. The zero-order chi connectivity index (χ0) is 15.8. The summed E-state index contributed by atoms with van der Waals surface area (Å²) in [5.41, 5.74) is 0. The molecule has 0 saturated carbocycles. The molecule has 0 radical (unpaired) electrons. The molecule has 3 nitrogen and oxygen atoms in total. The molecule has 0 amide bonds. The predicted molar refractivity (Wildman–Crippen MR) is 98.3 cm³/mol. The minimum absolute atomic E-state index is 0. The zero-order valence-electron chi connectivity index (χ0n) is 14.2. The molecule has 0 N–H and O–H groups in total. The first kappa shape index (κ1) is 25.8. The molecule has 0 atom stereocenters. The van der Waals surface area contributed by atoms with Crippen molar-refractivity contribution in [3.8, 4) is 0 Å². The second-order valence-corrected chi connectivity index (χ2v) is 7.73. The van der Waals surface area contributed by atoms with E-state index in [4.69, 9.17) is 4.18 Å². The molecule has 0 aromatic rings. The van der Waals surface area contributed by atoms with Crippen molar-refractivity contribution >= 4 is 61.5 Å². The maximum atomic E-state index is 11.5. The van der Waals surface area contributed by atoms with Crippen LogP contribution in [0.5, 0.6) is 0 Å². The Bertz CT molecular complexity index is 305. The number of hydrogen-bond donors (Lipinski definition) is 0. The molecule has 0 aliphatic rings. The third-order valence-electron chi connectivity index (χ3n) is 3.76. The van der Waals surface area contributed by atoms with Gasteiger partial charge in [-0.3, -0.25) is 4.18 Å². The number of rotatable bonds is 16. The van der Waals surface area contributed by atoms with Gasteiger partial charge in [0.15, 0.2) is 0 Å². The number of hydrogen-bond acceptors (Lipinski definition) is 3. The van der Waals surface area contributed by atoms with Gasteiger partial charge in [-0.25, -0.2) is 0 Å². The molecule has 0 unspecified atom stereocenters. The first-order valence-corrected chi connectivity index (χ1v) is 10.6. The fourth-order valence-corrected chi connectivity index (χ4v) is 3.41. The summed E-state index contributed by atoms with van der Waals surface area (Å²) < 4.78 is 28.1. The Morgan fingerprint density at radius 3 is 1.55 bits per heavy atom. The summed E-state index contributed by atoms with van der Waals surface area (Å²) in [6, 6.07) is 0. The van der Waals surface area contributed by atoms with Gasteiger partial charge in [-0.05, 0) is 12.8 Å². The molecule has 0 aliphatic carbocycles. The average molecular weight is 361 g/mol. The molecular weight excluding hydrogens is 323 g/mol. The van der Waals surface area contributed by atoms with Gasteiger partial charge in [0.25, 0.3) is 10.1 Å². The van der Waals surface area contributed by atoms with Crippen molar-refractivity contribution in [1.29, 1.82) is 0 Å². The van der Waals surface area contributed by atoms with E-state index in [-0.39, 0.29) is 57.1 Å². The van der Waals surface area contributed by atoms with E-state index in [1.54, 1.807) is 0 Å². The van der Waals surface area contributed by atoms with Crippen LogP contribution in [0.4, 0.5) is 0 Å². The summed E-state index contributed by atoms with van der Waals surface area (Å²) in [6.07, 6.45) is 15.2. The molecule has 0 rings (SSSR count). The Balaban J connectivity index is 0. The van der Waals surface area contributed by atoms with Gasteiger partial charge in [0, 0.05) is 0 Å². The summed E-state index contributed by atoms with van der Waals surface area (Å²) in [5.74, 6) is 0.179. The van der Waals surface area contributed by atoms with E-state index in [1.165, 1.54) is 51.4 Å².